The van der Waals surface area contributed by atoms with Crippen molar-refractivity contribution in [3.63, 3.8) is 0 Å². The third-order valence-electron chi connectivity index (χ3n) is 2.97. The number of esters is 1. The SMILES string of the molecule is COC(=O)C(C)Oc1ccc(C=NN=C2NC(=O)CS2)cc1OC. The highest BCUT2D eigenvalue weighted by molar-refractivity contribution is 8.15. The van der Waals surface area contributed by atoms with E-state index >= 15 is 0 Å². The van der Waals surface area contributed by atoms with Crippen LogP contribution in [-0.4, -0.2) is 49.3 Å². The normalized spacial score (nSPS) is 17.0. The number of hydrogen-bond donors (Lipinski definition) is 1. The number of carbonyl (C=O) groups excluding carboxylic acids is 2. The van der Waals surface area contributed by atoms with Crippen LogP contribution in [0.15, 0.2) is 28.4 Å². The van der Waals surface area contributed by atoms with Gasteiger partial charge in [0.05, 0.1) is 26.2 Å². The van der Waals surface area contributed by atoms with E-state index in [1.54, 1.807) is 25.1 Å². The van der Waals surface area contributed by atoms with Gasteiger partial charge >= 0.3 is 5.97 Å². The van der Waals surface area contributed by atoms with E-state index in [0.717, 1.165) is 5.56 Å². The van der Waals surface area contributed by atoms with Crippen molar-refractivity contribution < 1.29 is 23.8 Å². The van der Waals surface area contributed by atoms with Gasteiger partial charge in [0.1, 0.15) is 0 Å². The van der Waals surface area contributed by atoms with Gasteiger partial charge in [0, 0.05) is 0 Å². The summed E-state index contributed by atoms with van der Waals surface area (Å²) < 4.78 is 15.4. The molecular weight excluding hydrogens is 334 g/mol. The van der Waals surface area contributed by atoms with E-state index in [-0.39, 0.29) is 5.91 Å². The van der Waals surface area contributed by atoms with Crippen molar-refractivity contribution in [2.75, 3.05) is 20.0 Å². The molecule has 128 valence electrons. The van der Waals surface area contributed by atoms with Crippen LogP contribution < -0.4 is 14.8 Å². The molecule has 0 bridgehead atoms. The predicted octanol–water partition coefficient (Wildman–Crippen LogP) is 1.19. The molecule has 1 heterocycles. The summed E-state index contributed by atoms with van der Waals surface area (Å²) in [6.07, 6.45) is 0.770. The Morgan fingerprint density at radius 1 is 1.38 bits per heavy atom. The van der Waals surface area contributed by atoms with E-state index in [2.05, 4.69) is 20.3 Å². The molecule has 0 spiro atoms. The number of methoxy groups -OCH3 is 2. The monoisotopic (exact) mass is 351 g/mol. The molecule has 8 nitrogen and oxygen atoms in total. The number of amides is 1. The minimum atomic E-state index is -0.752. The lowest BCUT2D eigenvalue weighted by Crippen LogP contribution is -2.25. The molecule has 1 saturated heterocycles. The van der Waals surface area contributed by atoms with Gasteiger partial charge in [0.15, 0.2) is 22.8 Å². The van der Waals surface area contributed by atoms with E-state index in [0.29, 0.717) is 22.4 Å². The van der Waals surface area contributed by atoms with Crippen LogP contribution in [0.5, 0.6) is 11.5 Å². The highest BCUT2D eigenvalue weighted by Gasteiger charge is 2.17. The summed E-state index contributed by atoms with van der Waals surface area (Å²) in [5.41, 5.74) is 0.726. The zero-order chi connectivity index (χ0) is 17.5. The van der Waals surface area contributed by atoms with Gasteiger partial charge in [-0.3, -0.25) is 4.79 Å². The molecule has 1 atom stereocenters. The molecule has 1 aromatic carbocycles. The first kappa shape index (κ1) is 17.8. The quantitative estimate of drug-likeness (QED) is 0.470. The molecule has 0 aromatic heterocycles. The van der Waals surface area contributed by atoms with Gasteiger partial charge in [-0.05, 0) is 30.7 Å². The van der Waals surface area contributed by atoms with E-state index < -0.39 is 12.1 Å². The first-order chi connectivity index (χ1) is 11.5. The summed E-state index contributed by atoms with van der Waals surface area (Å²) >= 11 is 1.29. The Labute approximate surface area is 143 Å². The number of carbonyl (C=O) groups is 2. The summed E-state index contributed by atoms with van der Waals surface area (Å²) in [6, 6.07) is 5.11. The standard InChI is InChI=1S/C15H17N3O5S/c1-9(14(20)22-3)23-11-5-4-10(6-12(11)21-2)7-16-18-15-17-13(19)8-24-15/h4-7,9H,8H2,1-3H3,(H,17,18,19). The third kappa shape index (κ3) is 4.72. The van der Waals surface area contributed by atoms with Gasteiger partial charge in [0.2, 0.25) is 5.91 Å². The Hall–Kier alpha value is -2.55. The van der Waals surface area contributed by atoms with Crippen molar-refractivity contribution in [3.05, 3.63) is 23.8 Å². The lowest BCUT2D eigenvalue weighted by molar-refractivity contribution is -0.147. The predicted molar refractivity (Wildman–Crippen MR) is 90.7 cm³/mol. The molecule has 9 heteroatoms. The fourth-order valence-electron chi connectivity index (χ4n) is 1.79. The molecular formula is C15H17N3O5S. The molecule has 1 fully saturated rings. The Morgan fingerprint density at radius 2 is 2.17 bits per heavy atom. The molecule has 1 aliphatic rings. The largest absolute Gasteiger partial charge is 0.493 e. The molecule has 0 aliphatic carbocycles. The first-order valence-electron chi connectivity index (χ1n) is 6.99. The Bertz CT molecular complexity index is 690. The minimum Gasteiger partial charge on any atom is -0.493 e. The van der Waals surface area contributed by atoms with Crippen LogP contribution in [0.25, 0.3) is 0 Å². The third-order valence-corrected chi connectivity index (χ3v) is 3.83. The molecule has 1 amide bonds. The number of amidine groups is 1. The summed E-state index contributed by atoms with van der Waals surface area (Å²) in [7, 11) is 2.79. The van der Waals surface area contributed by atoms with E-state index in [4.69, 9.17) is 9.47 Å². The lowest BCUT2D eigenvalue weighted by atomic mass is 10.2. The first-order valence-corrected chi connectivity index (χ1v) is 7.98. The Kier molecular flexibility index (Phi) is 6.19. The van der Waals surface area contributed by atoms with Gasteiger partial charge in [-0.15, -0.1) is 5.10 Å². The number of benzene rings is 1. The van der Waals surface area contributed by atoms with Crippen LogP contribution in [-0.2, 0) is 14.3 Å². The Morgan fingerprint density at radius 3 is 2.79 bits per heavy atom. The van der Waals surface area contributed by atoms with E-state index in [9.17, 15) is 9.59 Å². The second-order valence-electron chi connectivity index (χ2n) is 4.68. The van der Waals surface area contributed by atoms with Crippen LogP contribution in [0.2, 0.25) is 0 Å². The Balaban J connectivity index is 2.08. The van der Waals surface area contributed by atoms with Gasteiger partial charge < -0.3 is 19.5 Å². The van der Waals surface area contributed by atoms with Crippen LogP contribution in [0, 0.1) is 0 Å². The maximum Gasteiger partial charge on any atom is 0.346 e. The number of nitrogens with zero attached hydrogens (tertiary/aromatic N) is 2. The summed E-state index contributed by atoms with van der Waals surface area (Å²) in [5.74, 6) is 0.655. The maximum atomic E-state index is 11.4. The van der Waals surface area contributed by atoms with Crippen molar-refractivity contribution in [1.82, 2.24) is 5.32 Å². The second-order valence-corrected chi connectivity index (χ2v) is 5.64. The molecule has 1 aromatic rings. The highest BCUT2D eigenvalue weighted by Crippen LogP contribution is 2.28. The summed E-state index contributed by atoms with van der Waals surface area (Å²) in [6.45, 7) is 1.59. The molecule has 1 unspecified atom stereocenters. The van der Waals surface area contributed by atoms with Gasteiger partial charge in [0.25, 0.3) is 0 Å². The fourth-order valence-corrected chi connectivity index (χ4v) is 2.42. The number of thioether (sulfide) groups is 1. The van der Waals surface area contributed by atoms with Crippen molar-refractivity contribution in [3.8, 4) is 11.5 Å². The second kappa shape index (κ2) is 8.34. The van der Waals surface area contributed by atoms with Crippen molar-refractivity contribution in [1.29, 1.82) is 0 Å². The van der Waals surface area contributed by atoms with Crippen LogP contribution in [0.1, 0.15) is 12.5 Å². The van der Waals surface area contributed by atoms with Crippen LogP contribution in [0.4, 0.5) is 0 Å². The molecule has 0 saturated carbocycles. The van der Waals surface area contributed by atoms with Crippen molar-refractivity contribution >= 4 is 35.0 Å². The molecule has 24 heavy (non-hydrogen) atoms. The van der Waals surface area contributed by atoms with Crippen LogP contribution >= 0.6 is 11.8 Å². The maximum absolute atomic E-state index is 11.4. The van der Waals surface area contributed by atoms with E-state index in [1.807, 2.05) is 0 Å². The topological polar surface area (TPSA) is 98.6 Å². The summed E-state index contributed by atoms with van der Waals surface area (Å²) in [5, 5.41) is 10.9. The number of rotatable bonds is 6. The smallest absolute Gasteiger partial charge is 0.346 e. The summed E-state index contributed by atoms with van der Waals surface area (Å²) in [4.78, 5) is 22.5. The van der Waals surface area contributed by atoms with Crippen molar-refractivity contribution in [2.45, 2.75) is 13.0 Å². The molecule has 0 radical (unpaired) electrons. The number of nitrogens with one attached hydrogen (secondary N) is 1. The van der Waals surface area contributed by atoms with Gasteiger partial charge in [-0.25, -0.2) is 4.79 Å². The molecule has 2 rings (SSSR count). The van der Waals surface area contributed by atoms with Gasteiger partial charge in [-0.1, -0.05) is 11.8 Å². The zero-order valence-corrected chi connectivity index (χ0v) is 14.3. The number of ether oxygens (including phenoxy) is 3. The lowest BCUT2D eigenvalue weighted by Gasteiger charge is -2.15. The van der Waals surface area contributed by atoms with E-state index in [1.165, 1.54) is 32.2 Å². The minimum absolute atomic E-state index is 0.0863. The average molecular weight is 351 g/mol. The van der Waals surface area contributed by atoms with Gasteiger partial charge in [-0.2, -0.15) is 5.10 Å². The fraction of sp³-hybridized carbons (Fsp3) is 0.333. The van der Waals surface area contributed by atoms with Crippen molar-refractivity contribution in [2.24, 2.45) is 10.2 Å². The molecule has 1 aliphatic heterocycles. The number of hydrogen-bond acceptors (Lipinski definition) is 8. The highest BCUT2D eigenvalue weighted by atomic mass is 32.2. The average Bonchev–Trinajstić information content (AvgIpc) is 3.00. The zero-order valence-electron chi connectivity index (χ0n) is 13.4. The van der Waals surface area contributed by atoms with Crippen LogP contribution in [0.3, 0.4) is 0 Å². The molecule has 1 N–H and O–H groups in total.